The van der Waals surface area contributed by atoms with Crippen LogP contribution in [-0.4, -0.2) is 11.8 Å². The predicted molar refractivity (Wildman–Crippen MR) is 77.4 cm³/mol. The number of hydrogen-bond donors (Lipinski definition) is 2. The molecule has 0 aliphatic carbocycles. The van der Waals surface area contributed by atoms with Gasteiger partial charge in [0.05, 0.1) is 12.1 Å². The van der Waals surface area contributed by atoms with Gasteiger partial charge in [0.1, 0.15) is 5.82 Å². The third kappa shape index (κ3) is 3.89. The van der Waals surface area contributed by atoms with Gasteiger partial charge < -0.3 is 10.6 Å². The molecule has 0 aliphatic rings. The van der Waals surface area contributed by atoms with Gasteiger partial charge in [0.2, 0.25) is 11.8 Å². The lowest BCUT2D eigenvalue weighted by Gasteiger charge is -2.08. The van der Waals surface area contributed by atoms with Crippen molar-refractivity contribution in [2.75, 3.05) is 10.6 Å². The molecule has 104 valence electrons. The van der Waals surface area contributed by atoms with E-state index in [9.17, 15) is 14.0 Å². The van der Waals surface area contributed by atoms with E-state index in [1.165, 1.54) is 36.5 Å². The largest absolute Gasteiger partial charge is 0.326 e. The molecule has 0 saturated carbocycles. The first kappa shape index (κ1) is 14.2. The molecular formula is C14H13FN2O2S. The Morgan fingerprint density at radius 2 is 2.05 bits per heavy atom. The van der Waals surface area contributed by atoms with Crippen LogP contribution < -0.4 is 10.6 Å². The SMILES string of the molecule is CC(=O)Nc1cc(NC(=O)Cc2cccs2)ccc1F. The highest BCUT2D eigenvalue weighted by atomic mass is 32.1. The molecule has 1 aromatic carbocycles. The molecule has 1 heterocycles. The molecule has 0 fully saturated rings. The number of thiophene rings is 1. The number of carbonyl (C=O) groups is 2. The lowest BCUT2D eigenvalue weighted by Crippen LogP contribution is -2.14. The normalized spacial score (nSPS) is 10.1. The Bertz CT molecular complexity index is 626. The van der Waals surface area contributed by atoms with E-state index in [0.29, 0.717) is 5.69 Å². The molecule has 0 atom stereocenters. The topological polar surface area (TPSA) is 58.2 Å². The summed E-state index contributed by atoms with van der Waals surface area (Å²) in [6.07, 6.45) is 0.268. The van der Waals surface area contributed by atoms with Crippen LogP contribution in [-0.2, 0) is 16.0 Å². The van der Waals surface area contributed by atoms with Gasteiger partial charge in [0.25, 0.3) is 0 Å². The number of carbonyl (C=O) groups excluding carboxylic acids is 2. The maximum atomic E-state index is 13.4. The van der Waals surface area contributed by atoms with Crippen LogP contribution in [0.4, 0.5) is 15.8 Å². The maximum Gasteiger partial charge on any atom is 0.229 e. The van der Waals surface area contributed by atoms with E-state index in [2.05, 4.69) is 10.6 Å². The van der Waals surface area contributed by atoms with Crippen molar-refractivity contribution in [1.82, 2.24) is 0 Å². The Labute approximate surface area is 119 Å². The second kappa shape index (κ2) is 6.29. The second-order valence-corrected chi connectivity index (χ2v) is 5.21. The molecule has 0 bridgehead atoms. The van der Waals surface area contributed by atoms with E-state index in [-0.39, 0.29) is 23.9 Å². The van der Waals surface area contributed by atoms with Crippen LogP contribution in [0.3, 0.4) is 0 Å². The summed E-state index contributed by atoms with van der Waals surface area (Å²) in [4.78, 5) is 23.7. The smallest absolute Gasteiger partial charge is 0.229 e. The highest BCUT2D eigenvalue weighted by Gasteiger charge is 2.08. The molecular weight excluding hydrogens is 279 g/mol. The van der Waals surface area contributed by atoms with Crippen molar-refractivity contribution in [3.8, 4) is 0 Å². The zero-order valence-corrected chi connectivity index (χ0v) is 11.6. The molecule has 2 amide bonds. The van der Waals surface area contributed by atoms with Gasteiger partial charge in [0, 0.05) is 17.5 Å². The monoisotopic (exact) mass is 292 g/mol. The van der Waals surface area contributed by atoms with E-state index in [0.717, 1.165) is 4.88 Å². The molecule has 2 N–H and O–H groups in total. The fourth-order valence-electron chi connectivity index (χ4n) is 1.67. The van der Waals surface area contributed by atoms with Gasteiger partial charge in [-0.05, 0) is 29.6 Å². The standard InChI is InChI=1S/C14H13FN2O2S/c1-9(18)16-13-7-10(4-5-12(13)15)17-14(19)8-11-3-2-6-20-11/h2-7H,8H2,1H3,(H,16,18)(H,17,19). The predicted octanol–water partition coefficient (Wildman–Crippen LogP) is 3.03. The number of rotatable bonds is 4. The van der Waals surface area contributed by atoms with Crippen molar-refractivity contribution < 1.29 is 14.0 Å². The van der Waals surface area contributed by atoms with Crippen molar-refractivity contribution in [1.29, 1.82) is 0 Å². The van der Waals surface area contributed by atoms with Gasteiger partial charge in [-0.3, -0.25) is 9.59 Å². The van der Waals surface area contributed by atoms with E-state index in [1.54, 1.807) is 0 Å². The Balaban J connectivity index is 2.05. The Hall–Kier alpha value is -2.21. The minimum atomic E-state index is -0.545. The van der Waals surface area contributed by atoms with E-state index < -0.39 is 5.82 Å². The highest BCUT2D eigenvalue weighted by Crippen LogP contribution is 2.20. The van der Waals surface area contributed by atoms with E-state index >= 15 is 0 Å². The van der Waals surface area contributed by atoms with E-state index in [4.69, 9.17) is 0 Å². The van der Waals surface area contributed by atoms with Gasteiger partial charge in [-0.15, -0.1) is 11.3 Å². The van der Waals surface area contributed by atoms with Crippen LogP contribution >= 0.6 is 11.3 Å². The first-order valence-electron chi connectivity index (χ1n) is 5.94. The van der Waals surface area contributed by atoms with E-state index in [1.807, 2.05) is 17.5 Å². The fraction of sp³-hybridized carbons (Fsp3) is 0.143. The highest BCUT2D eigenvalue weighted by molar-refractivity contribution is 7.10. The zero-order valence-electron chi connectivity index (χ0n) is 10.8. The van der Waals surface area contributed by atoms with Gasteiger partial charge in [-0.2, -0.15) is 0 Å². The molecule has 0 saturated heterocycles. The van der Waals surface area contributed by atoms with Crippen molar-refractivity contribution in [3.05, 3.63) is 46.4 Å². The van der Waals surface area contributed by atoms with Crippen LogP contribution in [0.5, 0.6) is 0 Å². The van der Waals surface area contributed by atoms with Crippen molar-refractivity contribution in [3.63, 3.8) is 0 Å². The molecule has 0 radical (unpaired) electrons. The Kier molecular flexibility index (Phi) is 4.47. The fourth-order valence-corrected chi connectivity index (χ4v) is 2.37. The third-order valence-corrected chi connectivity index (χ3v) is 3.35. The van der Waals surface area contributed by atoms with Crippen molar-refractivity contribution in [2.24, 2.45) is 0 Å². The molecule has 0 spiro atoms. The summed E-state index contributed by atoms with van der Waals surface area (Å²) in [7, 11) is 0. The lowest BCUT2D eigenvalue weighted by atomic mass is 10.2. The van der Waals surface area contributed by atoms with Crippen LogP contribution in [0.1, 0.15) is 11.8 Å². The van der Waals surface area contributed by atoms with Crippen LogP contribution in [0, 0.1) is 5.82 Å². The molecule has 2 rings (SSSR count). The third-order valence-electron chi connectivity index (χ3n) is 2.48. The second-order valence-electron chi connectivity index (χ2n) is 4.18. The number of amides is 2. The molecule has 1 aromatic heterocycles. The summed E-state index contributed by atoms with van der Waals surface area (Å²) in [6.45, 7) is 1.29. The number of anilines is 2. The summed E-state index contributed by atoms with van der Waals surface area (Å²) in [6, 6.07) is 7.79. The van der Waals surface area contributed by atoms with Crippen molar-refractivity contribution >= 4 is 34.5 Å². The summed E-state index contributed by atoms with van der Waals surface area (Å²) in [5.41, 5.74) is 0.489. The number of halogens is 1. The quantitative estimate of drug-likeness (QED) is 0.910. The summed E-state index contributed by atoms with van der Waals surface area (Å²) < 4.78 is 13.4. The maximum absolute atomic E-state index is 13.4. The van der Waals surface area contributed by atoms with Crippen LogP contribution in [0.25, 0.3) is 0 Å². The molecule has 0 unspecified atom stereocenters. The first-order chi connectivity index (χ1) is 9.54. The first-order valence-corrected chi connectivity index (χ1v) is 6.82. The number of nitrogens with one attached hydrogen (secondary N) is 2. The summed E-state index contributed by atoms with van der Waals surface area (Å²) >= 11 is 1.50. The Morgan fingerprint density at radius 3 is 2.70 bits per heavy atom. The Morgan fingerprint density at radius 1 is 1.25 bits per heavy atom. The average molecular weight is 292 g/mol. The average Bonchev–Trinajstić information content (AvgIpc) is 2.85. The van der Waals surface area contributed by atoms with Gasteiger partial charge in [-0.25, -0.2) is 4.39 Å². The van der Waals surface area contributed by atoms with Crippen LogP contribution in [0.15, 0.2) is 35.7 Å². The van der Waals surface area contributed by atoms with Crippen molar-refractivity contribution in [2.45, 2.75) is 13.3 Å². The zero-order chi connectivity index (χ0) is 14.5. The summed E-state index contributed by atoms with van der Waals surface area (Å²) in [5, 5.41) is 6.94. The molecule has 2 aromatic rings. The minimum Gasteiger partial charge on any atom is -0.326 e. The van der Waals surface area contributed by atoms with Crippen LogP contribution in [0.2, 0.25) is 0 Å². The van der Waals surface area contributed by atoms with Gasteiger partial charge in [0.15, 0.2) is 0 Å². The minimum absolute atomic E-state index is 0.0476. The number of hydrogen-bond acceptors (Lipinski definition) is 3. The molecule has 20 heavy (non-hydrogen) atoms. The summed E-state index contributed by atoms with van der Waals surface area (Å²) in [5.74, 6) is -1.10. The molecule has 0 aliphatic heterocycles. The number of benzene rings is 1. The van der Waals surface area contributed by atoms with Gasteiger partial charge in [-0.1, -0.05) is 6.07 Å². The lowest BCUT2D eigenvalue weighted by molar-refractivity contribution is -0.115. The molecule has 6 heteroatoms. The molecule has 4 nitrogen and oxygen atoms in total. The van der Waals surface area contributed by atoms with Gasteiger partial charge >= 0.3 is 0 Å².